The Balaban J connectivity index is 3.08. The van der Waals surface area contributed by atoms with Gasteiger partial charge < -0.3 is 0 Å². The number of hydrogen-bond acceptors (Lipinski definition) is 3. The third kappa shape index (κ3) is 3.50. The van der Waals surface area contributed by atoms with Gasteiger partial charge in [-0.05, 0) is 24.5 Å². The van der Waals surface area contributed by atoms with Gasteiger partial charge >= 0.3 is 0 Å². The number of Topliss-reactive ketones (excluding diaryl/α,β-unsaturated/α-hetero) is 2. The van der Waals surface area contributed by atoms with Gasteiger partial charge in [-0.25, -0.2) is 0 Å². The van der Waals surface area contributed by atoms with Crippen LogP contribution in [0.5, 0.6) is 0 Å². The van der Waals surface area contributed by atoms with Gasteiger partial charge in [-0.2, -0.15) is 0 Å². The van der Waals surface area contributed by atoms with Crippen molar-refractivity contribution in [2.45, 2.75) is 19.1 Å². The average molecular weight is 305 g/mol. The van der Waals surface area contributed by atoms with Crippen molar-refractivity contribution in [1.82, 2.24) is 0 Å². The molecule has 1 aromatic rings. The Bertz CT molecular complexity index is 472. The maximum atomic E-state index is 12.3. The van der Waals surface area contributed by atoms with Crippen molar-refractivity contribution in [3.8, 4) is 0 Å². The van der Waals surface area contributed by atoms with Crippen molar-refractivity contribution in [1.29, 1.82) is 0 Å². The largest absolute Gasteiger partial charge is 0.298 e. The lowest BCUT2D eigenvalue weighted by atomic mass is 9.99. The third-order valence-electron chi connectivity index (χ3n) is 2.50. The number of benzene rings is 1. The van der Waals surface area contributed by atoms with Crippen LogP contribution in [0.4, 0.5) is 0 Å². The van der Waals surface area contributed by atoms with Crippen LogP contribution >= 0.6 is 35.0 Å². The van der Waals surface area contributed by atoms with E-state index in [-0.39, 0.29) is 22.5 Å². The van der Waals surface area contributed by atoms with Gasteiger partial charge in [0.05, 0.1) is 5.02 Å². The Morgan fingerprint density at radius 1 is 1.22 bits per heavy atom. The Hall–Kier alpha value is -0.510. The smallest absolute Gasteiger partial charge is 0.184 e. The second kappa shape index (κ2) is 6.60. The standard InChI is InChI=1S/C13H14Cl2O2S/c1-7(2)11(16)13(18-3)12(17)9-5-4-8(14)6-10(9)15/h4-7,13H,1-3H3. The van der Waals surface area contributed by atoms with Crippen LogP contribution in [-0.4, -0.2) is 23.1 Å². The Kier molecular flexibility index (Phi) is 5.70. The summed E-state index contributed by atoms with van der Waals surface area (Å²) >= 11 is 13.0. The van der Waals surface area contributed by atoms with E-state index >= 15 is 0 Å². The minimum Gasteiger partial charge on any atom is -0.298 e. The molecule has 0 saturated carbocycles. The lowest BCUT2D eigenvalue weighted by Gasteiger charge is -2.15. The zero-order valence-corrected chi connectivity index (χ0v) is 12.7. The number of carbonyl (C=O) groups is 2. The van der Waals surface area contributed by atoms with Crippen LogP contribution in [0.2, 0.25) is 10.0 Å². The molecule has 0 aliphatic rings. The SMILES string of the molecule is CSC(C(=O)c1ccc(Cl)cc1Cl)C(=O)C(C)C. The van der Waals surface area contributed by atoms with Gasteiger partial charge in [0.15, 0.2) is 11.6 Å². The molecule has 0 N–H and O–H groups in total. The summed E-state index contributed by atoms with van der Waals surface area (Å²) < 4.78 is 0. The fourth-order valence-electron chi connectivity index (χ4n) is 1.49. The van der Waals surface area contributed by atoms with Gasteiger partial charge in [-0.3, -0.25) is 9.59 Å². The molecule has 0 amide bonds. The highest BCUT2D eigenvalue weighted by Crippen LogP contribution is 2.26. The lowest BCUT2D eigenvalue weighted by Crippen LogP contribution is -2.30. The molecule has 0 aliphatic carbocycles. The molecular weight excluding hydrogens is 291 g/mol. The summed E-state index contributed by atoms with van der Waals surface area (Å²) in [5, 5.41) is 0.0409. The number of carbonyl (C=O) groups excluding carboxylic acids is 2. The summed E-state index contributed by atoms with van der Waals surface area (Å²) in [6.07, 6.45) is 1.74. The van der Waals surface area contributed by atoms with E-state index in [1.165, 1.54) is 17.8 Å². The fourth-order valence-corrected chi connectivity index (χ4v) is 2.83. The van der Waals surface area contributed by atoms with E-state index in [0.717, 1.165) is 0 Å². The molecule has 2 nitrogen and oxygen atoms in total. The van der Waals surface area contributed by atoms with E-state index in [2.05, 4.69) is 0 Å². The van der Waals surface area contributed by atoms with Crippen LogP contribution in [0.3, 0.4) is 0 Å². The number of rotatable bonds is 5. The van der Waals surface area contributed by atoms with Crippen LogP contribution < -0.4 is 0 Å². The van der Waals surface area contributed by atoms with Crippen LogP contribution in [-0.2, 0) is 4.79 Å². The maximum absolute atomic E-state index is 12.3. The number of hydrogen-bond donors (Lipinski definition) is 0. The van der Waals surface area contributed by atoms with Gasteiger partial charge in [0.1, 0.15) is 5.25 Å². The van der Waals surface area contributed by atoms with Crippen LogP contribution in [0.1, 0.15) is 24.2 Å². The summed E-state index contributed by atoms with van der Waals surface area (Å²) in [4.78, 5) is 24.2. The van der Waals surface area contributed by atoms with Crippen molar-refractivity contribution in [2.75, 3.05) is 6.26 Å². The molecule has 0 bridgehead atoms. The number of halogens is 2. The molecule has 0 aromatic heterocycles. The second-order valence-corrected chi connectivity index (χ2v) is 5.95. The third-order valence-corrected chi connectivity index (χ3v) is 3.96. The van der Waals surface area contributed by atoms with Gasteiger partial charge in [-0.1, -0.05) is 37.0 Å². The number of thioether (sulfide) groups is 1. The van der Waals surface area contributed by atoms with E-state index < -0.39 is 5.25 Å². The minimum absolute atomic E-state index is 0.0847. The molecule has 0 radical (unpaired) electrons. The summed E-state index contributed by atoms with van der Waals surface area (Å²) in [6.45, 7) is 3.56. The lowest BCUT2D eigenvalue weighted by molar-refractivity contribution is -0.120. The molecule has 1 unspecified atom stereocenters. The highest BCUT2D eigenvalue weighted by atomic mass is 35.5. The van der Waals surface area contributed by atoms with Crippen molar-refractivity contribution >= 4 is 46.5 Å². The predicted molar refractivity (Wildman–Crippen MR) is 77.9 cm³/mol. The Labute approximate surface area is 121 Å². The predicted octanol–water partition coefficient (Wildman–Crippen LogP) is 4.13. The monoisotopic (exact) mass is 304 g/mol. The summed E-state index contributed by atoms with van der Waals surface area (Å²) in [5.74, 6) is -0.529. The van der Waals surface area contributed by atoms with Crippen LogP contribution in [0.15, 0.2) is 18.2 Å². The second-order valence-electron chi connectivity index (χ2n) is 4.16. The first-order valence-corrected chi connectivity index (χ1v) is 7.48. The molecule has 18 heavy (non-hydrogen) atoms. The van der Waals surface area contributed by atoms with E-state index in [9.17, 15) is 9.59 Å². The first-order valence-electron chi connectivity index (χ1n) is 5.44. The van der Waals surface area contributed by atoms with Gasteiger partial charge in [0.25, 0.3) is 0 Å². The first-order chi connectivity index (χ1) is 8.38. The highest BCUT2D eigenvalue weighted by molar-refractivity contribution is 8.00. The zero-order chi connectivity index (χ0) is 13.9. The molecular formula is C13H14Cl2O2S. The first kappa shape index (κ1) is 15.5. The van der Waals surface area contributed by atoms with Gasteiger partial charge in [0, 0.05) is 16.5 Å². The van der Waals surface area contributed by atoms with Crippen LogP contribution in [0.25, 0.3) is 0 Å². The fraction of sp³-hybridized carbons (Fsp3) is 0.385. The van der Waals surface area contributed by atoms with E-state index in [4.69, 9.17) is 23.2 Å². The molecule has 1 atom stereocenters. The Morgan fingerprint density at radius 3 is 2.28 bits per heavy atom. The molecule has 0 saturated heterocycles. The normalized spacial score (nSPS) is 12.6. The van der Waals surface area contributed by atoms with Crippen molar-refractivity contribution in [3.05, 3.63) is 33.8 Å². The molecule has 1 rings (SSSR count). The van der Waals surface area contributed by atoms with Crippen molar-refractivity contribution < 1.29 is 9.59 Å². The van der Waals surface area contributed by atoms with Crippen molar-refractivity contribution in [3.63, 3.8) is 0 Å². The quantitative estimate of drug-likeness (QED) is 0.606. The molecule has 98 valence electrons. The molecule has 0 aliphatic heterocycles. The van der Waals surface area contributed by atoms with Crippen molar-refractivity contribution in [2.24, 2.45) is 5.92 Å². The molecule has 5 heteroatoms. The molecule has 0 spiro atoms. The maximum Gasteiger partial charge on any atom is 0.184 e. The molecule has 1 aromatic carbocycles. The van der Waals surface area contributed by atoms with Crippen LogP contribution in [0, 0.1) is 5.92 Å². The summed E-state index contributed by atoms with van der Waals surface area (Å²) in [7, 11) is 0. The van der Waals surface area contributed by atoms with Gasteiger partial charge in [0.2, 0.25) is 0 Å². The number of ketones is 2. The molecule has 0 heterocycles. The Morgan fingerprint density at radius 2 is 1.83 bits per heavy atom. The van der Waals surface area contributed by atoms with Gasteiger partial charge in [-0.15, -0.1) is 11.8 Å². The topological polar surface area (TPSA) is 34.1 Å². The molecule has 0 fully saturated rings. The zero-order valence-electron chi connectivity index (χ0n) is 10.4. The van der Waals surface area contributed by atoms with E-state index in [0.29, 0.717) is 10.6 Å². The average Bonchev–Trinajstić information content (AvgIpc) is 2.29. The van der Waals surface area contributed by atoms with E-state index in [1.807, 2.05) is 0 Å². The highest BCUT2D eigenvalue weighted by Gasteiger charge is 2.29. The summed E-state index contributed by atoms with van der Waals surface area (Å²) in [6, 6.07) is 4.66. The van der Waals surface area contributed by atoms with E-state index in [1.54, 1.807) is 32.2 Å². The minimum atomic E-state index is -0.705. The summed E-state index contributed by atoms with van der Waals surface area (Å²) in [5.41, 5.74) is 0.342.